The molecule has 0 radical (unpaired) electrons. The van der Waals surface area contributed by atoms with Gasteiger partial charge in [-0.15, -0.1) is 0 Å². The molecule has 1 atom stereocenters. The van der Waals surface area contributed by atoms with Gasteiger partial charge in [0, 0.05) is 37.3 Å². The molecule has 180 valence electrons. The Hall–Kier alpha value is -3.22. The van der Waals surface area contributed by atoms with Crippen molar-refractivity contribution in [3.05, 3.63) is 71.0 Å². The van der Waals surface area contributed by atoms with Crippen LogP contribution in [0.1, 0.15) is 58.4 Å². The molecule has 4 rings (SSSR count). The number of hydrogen-bond acceptors (Lipinski definition) is 3. The number of nitrogens with zero attached hydrogens (tertiary/aromatic N) is 2. The van der Waals surface area contributed by atoms with Crippen LogP contribution in [0, 0.1) is 18.7 Å². The summed E-state index contributed by atoms with van der Waals surface area (Å²) in [6.07, 6.45) is 4.31. The van der Waals surface area contributed by atoms with Crippen molar-refractivity contribution < 1.29 is 18.8 Å². The maximum absolute atomic E-state index is 13.5. The molecular weight excluding hydrogens is 433 g/mol. The second-order valence-corrected chi connectivity index (χ2v) is 9.34. The van der Waals surface area contributed by atoms with Gasteiger partial charge in [-0.3, -0.25) is 14.4 Å². The average Bonchev–Trinajstić information content (AvgIpc) is 2.88. The second-order valence-electron chi connectivity index (χ2n) is 9.34. The molecule has 2 saturated heterocycles. The van der Waals surface area contributed by atoms with Crippen LogP contribution < -0.4 is 5.32 Å². The van der Waals surface area contributed by atoms with E-state index in [0.29, 0.717) is 37.1 Å². The summed E-state index contributed by atoms with van der Waals surface area (Å²) >= 11 is 0. The molecule has 2 aliphatic heterocycles. The van der Waals surface area contributed by atoms with Crippen LogP contribution in [0.2, 0.25) is 0 Å². The van der Waals surface area contributed by atoms with Crippen molar-refractivity contribution in [1.82, 2.24) is 15.1 Å². The van der Waals surface area contributed by atoms with E-state index in [0.717, 1.165) is 37.9 Å². The zero-order valence-corrected chi connectivity index (χ0v) is 19.6. The summed E-state index contributed by atoms with van der Waals surface area (Å²) in [7, 11) is 0. The molecule has 2 fully saturated rings. The molecule has 34 heavy (non-hydrogen) atoms. The first-order valence-electron chi connectivity index (χ1n) is 12.1. The molecule has 2 aromatic carbocycles. The van der Waals surface area contributed by atoms with E-state index >= 15 is 0 Å². The minimum atomic E-state index is -0.616. The van der Waals surface area contributed by atoms with E-state index in [4.69, 9.17) is 0 Å². The number of carbonyl (C=O) groups is 3. The molecule has 1 N–H and O–H groups in total. The molecule has 2 aliphatic rings. The first-order valence-corrected chi connectivity index (χ1v) is 12.1. The Morgan fingerprint density at radius 3 is 2.03 bits per heavy atom. The number of nitrogens with one attached hydrogen (secondary N) is 1. The predicted molar refractivity (Wildman–Crippen MR) is 128 cm³/mol. The highest BCUT2D eigenvalue weighted by Gasteiger charge is 2.36. The van der Waals surface area contributed by atoms with Gasteiger partial charge in [0.15, 0.2) is 0 Å². The lowest BCUT2D eigenvalue weighted by atomic mass is 9.87. The normalized spacial score (nSPS) is 17.8. The van der Waals surface area contributed by atoms with E-state index in [1.165, 1.54) is 24.3 Å². The first-order chi connectivity index (χ1) is 16.4. The third-order valence-electron chi connectivity index (χ3n) is 6.92. The predicted octanol–water partition coefficient (Wildman–Crippen LogP) is 3.80. The second kappa shape index (κ2) is 10.8. The van der Waals surface area contributed by atoms with E-state index in [9.17, 15) is 18.8 Å². The third kappa shape index (κ3) is 5.64. The molecule has 2 aromatic rings. The molecule has 0 unspecified atom stereocenters. The molecular formula is C27H32FN3O3. The molecule has 3 amide bonds. The average molecular weight is 466 g/mol. The van der Waals surface area contributed by atoms with Crippen molar-refractivity contribution in [2.45, 2.75) is 45.1 Å². The molecule has 0 bridgehead atoms. The maximum Gasteiger partial charge on any atom is 0.253 e. The highest BCUT2D eigenvalue weighted by molar-refractivity contribution is 5.98. The fraction of sp³-hybridized carbons (Fsp3) is 0.444. The Kier molecular flexibility index (Phi) is 7.60. The van der Waals surface area contributed by atoms with Gasteiger partial charge < -0.3 is 15.1 Å². The summed E-state index contributed by atoms with van der Waals surface area (Å²) in [4.78, 5) is 42.9. The van der Waals surface area contributed by atoms with Gasteiger partial charge in [-0.1, -0.05) is 17.7 Å². The maximum atomic E-state index is 13.5. The molecule has 0 saturated carbocycles. The summed E-state index contributed by atoms with van der Waals surface area (Å²) < 4.78 is 13.2. The number of aryl methyl sites for hydroxylation is 1. The van der Waals surface area contributed by atoms with Gasteiger partial charge in [-0.05, 0) is 81.3 Å². The summed E-state index contributed by atoms with van der Waals surface area (Å²) in [5.41, 5.74) is 2.05. The van der Waals surface area contributed by atoms with Crippen LogP contribution in [0.25, 0.3) is 0 Å². The number of rotatable bonds is 5. The van der Waals surface area contributed by atoms with Gasteiger partial charge in [0.05, 0.1) is 0 Å². The van der Waals surface area contributed by atoms with Crippen LogP contribution in [0.3, 0.4) is 0 Å². The molecule has 7 heteroatoms. The van der Waals surface area contributed by atoms with Crippen molar-refractivity contribution in [2.75, 3.05) is 26.2 Å². The minimum Gasteiger partial charge on any atom is -0.341 e. The van der Waals surface area contributed by atoms with Gasteiger partial charge >= 0.3 is 0 Å². The van der Waals surface area contributed by atoms with E-state index in [1.807, 2.05) is 24.0 Å². The van der Waals surface area contributed by atoms with Crippen molar-refractivity contribution in [2.24, 2.45) is 5.92 Å². The zero-order valence-electron chi connectivity index (χ0n) is 19.6. The Morgan fingerprint density at radius 1 is 0.824 bits per heavy atom. The fourth-order valence-electron chi connectivity index (χ4n) is 4.83. The molecule has 0 aromatic heterocycles. The van der Waals surface area contributed by atoms with Crippen LogP contribution in [-0.4, -0.2) is 59.7 Å². The number of amides is 3. The van der Waals surface area contributed by atoms with Gasteiger partial charge in [-0.25, -0.2) is 4.39 Å². The van der Waals surface area contributed by atoms with Crippen LogP contribution in [0.4, 0.5) is 4.39 Å². The number of benzene rings is 2. The topological polar surface area (TPSA) is 69.7 Å². The Morgan fingerprint density at radius 2 is 1.41 bits per heavy atom. The number of halogens is 1. The van der Waals surface area contributed by atoms with E-state index < -0.39 is 6.04 Å². The number of piperidine rings is 2. The Labute approximate surface area is 200 Å². The van der Waals surface area contributed by atoms with Gasteiger partial charge in [0.1, 0.15) is 11.9 Å². The van der Waals surface area contributed by atoms with E-state index in [1.54, 1.807) is 17.0 Å². The lowest BCUT2D eigenvalue weighted by molar-refractivity contribution is -0.136. The third-order valence-corrected chi connectivity index (χ3v) is 6.92. The monoisotopic (exact) mass is 465 g/mol. The molecule has 0 spiro atoms. The smallest absolute Gasteiger partial charge is 0.253 e. The van der Waals surface area contributed by atoms with Crippen molar-refractivity contribution in [3.63, 3.8) is 0 Å². The lowest BCUT2D eigenvalue weighted by Gasteiger charge is -2.38. The molecule has 2 heterocycles. The van der Waals surface area contributed by atoms with Crippen molar-refractivity contribution in [3.8, 4) is 0 Å². The minimum absolute atomic E-state index is 0.0246. The fourth-order valence-corrected chi connectivity index (χ4v) is 4.83. The van der Waals surface area contributed by atoms with E-state index in [2.05, 4.69) is 5.32 Å². The summed E-state index contributed by atoms with van der Waals surface area (Å²) in [6.45, 7) is 4.39. The lowest BCUT2D eigenvalue weighted by Crippen LogP contribution is -2.55. The highest BCUT2D eigenvalue weighted by Crippen LogP contribution is 2.25. The number of likely N-dealkylation sites (tertiary alicyclic amines) is 2. The Bertz CT molecular complexity index is 1010. The first kappa shape index (κ1) is 23.9. The summed E-state index contributed by atoms with van der Waals surface area (Å²) in [5.74, 6) is -0.843. The number of carbonyl (C=O) groups excluding carboxylic acids is 3. The van der Waals surface area contributed by atoms with Crippen LogP contribution >= 0.6 is 0 Å². The number of hydrogen-bond donors (Lipinski definition) is 1. The summed E-state index contributed by atoms with van der Waals surface area (Å²) in [5, 5.41) is 3.03. The summed E-state index contributed by atoms with van der Waals surface area (Å²) in [6, 6.07) is 12.3. The van der Waals surface area contributed by atoms with Crippen molar-refractivity contribution in [1.29, 1.82) is 0 Å². The molecule has 0 aliphatic carbocycles. The largest absolute Gasteiger partial charge is 0.341 e. The van der Waals surface area contributed by atoms with Crippen LogP contribution in [-0.2, 0) is 4.79 Å². The Balaban J connectivity index is 1.45. The highest BCUT2D eigenvalue weighted by atomic mass is 19.1. The SMILES string of the molecule is Cc1ccc(C(=O)N[C@@H](C(=O)N2CCCCC2)C2CCN(C(=O)c3ccc(F)cc3)CC2)cc1. The van der Waals surface area contributed by atoms with Crippen LogP contribution in [0.5, 0.6) is 0 Å². The van der Waals surface area contributed by atoms with Crippen molar-refractivity contribution >= 4 is 17.7 Å². The standard InChI is InChI=1S/C27H32FN3O3/c1-19-5-7-21(8-6-19)25(32)29-24(27(34)30-15-3-2-4-16-30)20-13-17-31(18-14-20)26(33)22-9-11-23(28)12-10-22/h5-12,20,24H,2-4,13-18H2,1H3,(H,29,32)/t24-/m1/s1. The van der Waals surface area contributed by atoms with Gasteiger partial charge in [0.25, 0.3) is 11.8 Å². The van der Waals surface area contributed by atoms with Crippen LogP contribution in [0.15, 0.2) is 48.5 Å². The quantitative estimate of drug-likeness (QED) is 0.730. The van der Waals surface area contributed by atoms with Gasteiger partial charge in [0.2, 0.25) is 5.91 Å². The van der Waals surface area contributed by atoms with E-state index in [-0.39, 0.29) is 29.5 Å². The zero-order chi connectivity index (χ0) is 24.1. The molecule has 6 nitrogen and oxygen atoms in total. The van der Waals surface area contributed by atoms with Gasteiger partial charge in [-0.2, -0.15) is 0 Å².